The highest BCUT2D eigenvalue weighted by atomic mass is 16.1. The van der Waals surface area contributed by atoms with Crippen LogP contribution in [0.2, 0.25) is 0 Å². The van der Waals surface area contributed by atoms with Crippen LogP contribution in [0.25, 0.3) is 0 Å². The predicted molar refractivity (Wildman–Crippen MR) is 31.5 cm³/mol. The molecule has 0 amide bonds. The molecule has 44 valence electrons. The van der Waals surface area contributed by atoms with Crippen LogP contribution >= 0.6 is 0 Å². The molecular weight excluding hydrogens is 116 g/mol. The maximum absolute atomic E-state index is 9.69. The zero-order valence-corrected chi connectivity index (χ0v) is 4.59. The summed E-state index contributed by atoms with van der Waals surface area (Å²) in [5, 5.41) is 0. The lowest BCUT2D eigenvalue weighted by atomic mass is 10.5. The van der Waals surface area contributed by atoms with Crippen LogP contribution in [0.3, 0.4) is 0 Å². The van der Waals surface area contributed by atoms with E-state index in [9.17, 15) is 4.79 Å². The van der Waals surface area contributed by atoms with Crippen molar-refractivity contribution < 1.29 is 4.79 Å². The van der Waals surface area contributed by atoms with E-state index in [4.69, 9.17) is 0 Å². The van der Waals surface area contributed by atoms with Gasteiger partial charge >= 0.3 is 0 Å². The number of carbonyl (C=O) groups excluding carboxylic acids is 1. The maximum Gasteiger partial charge on any atom is 0.193 e. The summed E-state index contributed by atoms with van der Waals surface area (Å²) in [6.07, 6.45) is 3.60. The molecule has 1 aromatic rings. The number of imidazole rings is 1. The van der Waals surface area contributed by atoms with Gasteiger partial charge in [-0.1, -0.05) is 0 Å². The van der Waals surface area contributed by atoms with Crippen molar-refractivity contribution in [2.75, 3.05) is 0 Å². The fourth-order valence-corrected chi connectivity index (χ4v) is 0.431. The number of nitrogens with one attached hydrogen (secondary N) is 1. The zero-order chi connectivity index (χ0) is 6.53. The molecule has 1 rings (SSSR count). The number of nitrogens with zero attached hydrogens (tertiary/aromatic N) is 1. The smallest absolute Gasteiger partial charge is 0.193 e. The molecule has 0 radical (unpaired) electrons. The molecule has 3 nitrogen and oxygen atoms in total. The van der Waals surface area contributed by atoms with Crippen LogP contribution in [0.15, 0.2) is 12.5 Å². The number of hydrogen-bond donors (Lipinski definition) is 1. The summed E-state index contributed by atoms with van der Waals surface area (Å²) in [6.45, 7) is 0. The van der Waals surface area contributed by atoms with Gasteiger partial charge in [0.05, 0.1) is 12.5 Å². The Hall–Kier alpha value is -1.56. The molecule has 1 heterocycles. The number of aromatic amines is 1. The van der Waals surface area contributed by atoms with E-state index >= 15 is 0 Å². The second-order valence-corrected chi connectivity index (χ2v) is 1.35. The molecule has 1 aromatic heterocycles. The number of carbonyl (C=O) groups is 1. The van der Waals surface area contributed by atoms with Crippen LogP contribution in [-0.4, -0.2) is 16.3 Å². The third-order valence-corrected chi connectivity index (χ3v) is 0.764. The number of hydrogen-bond acceptors (Lipinski definition) is 2. The lowest BCUT2D eigenvalue weighted by molar-refractivity contribution is -0.103. The van der Waals surface area contributed by atoms with Crippen LogP contribution in [0.4, 0.5) is 0 Å². The third-order valence-electron chi connectivity index (χ3n) is 0.764. The molecule has 9 heavy (non-hydrogen) atoms. The lowest BCUT2D eigenvalue weighted by Gasteiger charge is -1.70. The van der Waals surface area contributed by atoms with Crippen LogP contribution in [0, 0.1) is 11.8 Å². The highest BCUT2D eigenvalue weighted by Crippen LogP contribution is 1.83. The molecule has 1 N–H and O–H groups in total. The number of rotatable bonds is 0. The molecule has 0 atom stereocenters. The van der Waals surface area contributed by atoms with Crippen LogP contribution in [-0.2, 0) is 4.79 Å². The van der Waals surface area contributed by atoms with Gasteiger partial charge in [-0.2, -0.15) is 0 Å². The van der Waals surface area contributed by atoms with E-state index in [0.717, 1.165) is 0 Å². The minimum Gasteiger partial charge on any atom is -0.338 e. The summed E-state index contributed by atoms with van der Waals surface area (Å²) in [7, 11) is 0. The molecule has 0 saturated heterocycles. The molecule has 3 heteroatoms. The van der Waals surface area contributed by atoms with E-state index in [1.165, 1.54) is 6.33 Å². The SMILES string of the molecule is O=CC#Cc1cnc[nH]1. The van der Waals surface area contributed by atoms with Gasteiger partial charge in [0.2, 0.25) is 0 Å². The standard InChI is InChI=1S/C6H4N2O/c9-3-1-2-6-4-7-5-8-6/h3-5H,(H,7,8). The largest absolute Gasteiger partial charge is 0.338 e. The van der Waals surface area contributed by atoms with Crippen molar-refractivity contribution in [2.45, 2.75) is 0 Å². The molecule has 0 aliphatic heterocycles. The average molecular weight is 120 g/mol. The van der Waals surface area contributed by atoms with Crippen LogP contribution < -0.4 is 0 Å². The summed E-state index contributed by atoms with van der Waals surface area (Å²) in [5.41, 5.74) is 0.655. The summed E-state index contributed by atoms with van der Waals surface area (Å²) in [4.78, 5) is 16.1. The first-order chi connectivity index (χ1) is 4.43. The van der Waals surface area contributed by atoms with Gasteiger partial charge in [0.25, 0.3) is 0 Å². The van der Waals surface area contributed by atoms with E-state index in [-0.39, 0.29) is 0 Å². The topological polar surface area (TPSA) is 45.8 Å². The van der Waals surface area contributed by atoms with E-state index in [2.05, 4.69) is 21.8 Å². The van der Waals surface area contributed by atoms with Gasteiger partial charge in [-0.05, 0) is 11.8 Å². The van der Waals surface area contributed by atoms with Crippen molar-refractivity contribution in [1.29, 1.82) is 0 Å². The molecule has 0 spiro atoms. The molecule has 0 saturated carbocycles. The molecule has 0 aromatic carbocycles. The van der Waals surface area contributed by atoms with Gasteiger partial charge in [0, 0.05) is 0 Å². The zero-order valence-electron chi connectivity index (χ0n) is 4.59. The maximum atomic E-state index is 9.69. The normalized spacial score (nSPS) is 7.56. The van der Waals surface area contributed by atoms with Crippen molar-refractivity contribution in [3.8, 4) is 11.8 Å². The molecule has 0 bridgehead atoms. The van der Waals surface area contributed by atoms with Gasteiger partial charge in [0.15, 0.2) is 6.29 Å². The summed E-state index contributed by atoms with van der Waals surface area (Å²) < 4.78 is 0. The van der Waals surface area contributed by atoms with Gasteiger partial charge < -0.3 is 4.98 Å². The third kappa shape index (κ3) is 1.42. The Morgan fingerprint density at radius 2 is 2.67 bits per heavy atom. The van der Waals surface area contributed by atoms with Crippen molar-refractivity contribution >= 4 is 6.29 Å². The fourth-order valence-electron chi connectivity index (χ4n) is 0.431. The van der Waals surface area contributed by atoms with E-state index in [1.54, 1.807) is 6.20 Å². The van der Waals surface area contributed by atoms with Crippen molar-refractivity contribution in [2.24, 2.45) is 0 Å². The monoisotopic (exact) mass is 120 g/mol. The Balaban J connectivity index is 2.78. The van der Waals surface area contributed by atoms with Gasteiger partial charge in [-0.25, -0.2) is 4.98 Å². The predicted octanol–water partition coefficient (Wildman–Crippen LogP) is -0.0399. The Morgan fingerprint density at radius 3 is 3.22 bits per heavy atom. The molecule has 0 aliphatic rings. The number of aldehydes is 1. The van der Waals surface area contributed by atoms with E-state index in [0.29, 0.717) is 12.0 Å². The minimum atomic E-state index is 0.542. The van der Waals surface area contributed by atoms with E-state index in [1.807, 2.05) is 0 Å². The molecule has 0 fully saturated rings. The molecule has 0 aliphatic carbocycles. The Kier molecular flexibility index (Phi) is 1.66. The van der Waals surface area contributed by atoms with Crippen molar-refractivity contribution in [3.63, 3.8) is 0 Å². The Labute approximate surface area is 52.1 Å². The van der Waals surface area contributed by atoms with Gasteiger partial charge in [-0.3, -0.25) is 4.79 Å². The van der Waals surface area contributed by atoms with Crippen molar-refractivity contribution in [3.05, 3.63) is 18.2 Å². The first-order valence-electron chi connectivity index (χ1n) is 2.37. The quantitative estimate of drug-likeness (QED) is 0.385. The summed E-state index contributed by atoms with van der Waals surface area (Å²) >= 11 is 0. The summed E-state index contributed by atoms with van der Waals surface area (Å²) in [5.74, 6) is 4.79. The second kappa shape index (κ2) is 2.68. The first kappa shape index (κ1) is 5.57. The first-order valence-corrected chi connectivity index (χ1v) is 2.37. The van der Waals surface area contributed by atoms with Crippen LogP contribution in [0.5, 0.6) is 0 Å². The van der Waals surface area contributed by atoms with Crippen molar-refractivity contribution in [1.82, 2.24) is 9.97 Å². The second-order valence-electron chi connectivity index (χ2n) is 1.35. The number of aromatic nitrogens is 2. The Bertz CT molecular complexity index is 240. The van der Waals surface area contributed by atoms with E-state index < -0.39 is 0 Å². The average Bonchev–Trinajstić information content (AvgIpc) is 2.34. The highest BCUT2D eigenvalue weighted by Gasteiger charge is 1.80. The molecule has 0 unspecified atom stereocenters. The van der Waals surface area contributed by atoms with Crippen LogP contribution in [0.1, 0.15) is 5.69 Å². The molecular formula is C6H4N2O. The fraction of sp³-hybridized carbons (Fsp3) is 0. The minimum absolute atomic E-state index is 0.542. The number of H-pyrrole nitrogens is 1. The van der Waals surface area contributed by atoms with Gasteiger partial charge in [-0.15, -0.1) is 0 Å². The Morgan fingerprint density at radius 1 is 1.78 bits per heavy atom. The lowest BCUT2D eigenvalue weighted by Crippen LogP contribution is -1.69. The summed E-state index contributed by atoms with van der Waals surface area (Å²) in [6, 6.07) is 0. The highest BCUT2D eigenvalue weighted by molar-refractivity contribution is 5.73. The van der Waals surface area contributed by atoms with Gasteiger partial charge in [0.1, 0.15) is 5.69 Å².